The zero-order chi connectivity index (χ0) is 13.7. The van der Waals surface area contributed by atoms with Crippen molar-refractivity contribution in [1.29, 1.82) is 5.26 Å². The maximum Gasteiger partial charge on any atom is 0.101 e. The number of hydrogen-bond donors (Lipinski definition) is 2. The Morgan fingerprint density at radius 1 is 1.40 bits per heavy atom. The van der Waals surface area contributed by atoms with Gasteiger partial charge in [-0.15, -0.1) is 12.4 Å². The van der Waals surface area contributed by atoms with E-state index in [9.17, 15) is 0 Å². The summed E-state index contributed by atoms with van der Waals surface area (Å²) < 4.78 is 0. The van der Waals surface area contributed by atoms with Gasteiger partial charge in [-0.05, 0) is 31.0 Å². The van der Waals surface area contributed by atoms with Crippen LogP contribution in [0.5, 0.6) is 0 Å². The Hall–Kier alpha value is -0.990. The average molecular weight is 316 g/mol. The molecule has 0 atom stereocenters. The van der Waals surface area contributed by atoms with Crippen molar-refractivity contribution in [3.05, 3.63) is 28.8 Å². The highest BCUT2D eigenvalue weighted by molar-refractivity contribution is 6.30. The molecule has 0 aliphatic carbocycles. The maximum atomic E-state index is 9.17. The fraction of sp³-hybridized carbons (Fsp3) is 0.500. The summed E-state index contributed by atoms with van der Waals surface area (Å²) >= 11 is 5.91. The second-order valence-electron chi connectivity index (χ2n) is 4.71. The first-order valence-corrected chi connectivity index (χ1v) is 6.91. The normalized spacial score (nSPS) is 15.6. The SMILES string of the molecule is Cl.N#Cc1cc(Cl)ccc1N1CCC(NCCO)CC1. The van der Waals surface area contributed by atoms with Crippen molar-refractivity contribution in [3.8, 4) is 6.07 Å². The summed E-state index contributed by atoms with van der Waals surface area (Å²) in [6.07, 6.45) is 2.04. The van der Waals surface area contributed by atoms with Gasteiger partial charge >= 0.3 is 0 Å². The number of halogens is 2. The summed E-state index contributed by atoms with van der Waals surface area (Å²) in [6.45, 7) is 2.66. The molecule has 2 rings (SSSR count). The molecule has 0 radical (unpaired) electrons. The molecule has 1 aliphatic rings. The molecule has 1 saturated heterocycles. The predicted molar refractivity (Wildman–Crippen MR) is 83.7 cm³/mol. The number of nitrogens with zero attached hydrogens (tertiary/aromatic N) is 2. The van der Waals surface area contributed by atoms with Crippen LogP contribution < -0.4 is 10.2 Å². The highest BCUT2D eigenvalue weighted by Crippen LogP contribution is 2.26. The second kappa shape index (κ2) is 8.33. The molecule has 1 aromatic carbocycles. The molecule has 0 unspecified atom stereocenters. The van der Waals surface area contributed by atoms with E-state index in [1.807, 2.05) is 12.1 Å². The number of benzene rings is 1. The van der Waals surface area contributed by atoms with Crippen LogP contribution in [-0.4, -0.2) is 37.4 Å². The average Bonchev–Trinajstić information content (AvgIpc) is 2.45. The molecule has 0 amide bonds. The molecule has 4 nitrogen and oxygen atoms in total. The van der Waals surface area contributed by atoms with Crippen molar-refractivity contribution in [2.24, 2.45) is 0 Å². The lowest BCUT2D eigenvalue weighted by molar-refractivity contribution is 0.277. The van der Waals surface area contributed by atoms with Gasteiger partial charge in [0.05, 0.1) is 17.9 Å². The Bertz CT molecular complexity index is 468. The van der Waals surface area contributed by atoms with Gasteiger partial charge in [0.1, 0.15) is 6.07 Å². The zero-order valence-corrected chi connectivity index (χ0v) is 12.8. The van der Waals surface area contributed by atoms with Gasteiger partial charge < -0.3 is 15.3 Å². The molecule has 0 saturated carbocycles. The van der Waals surface area contributed by atoms with E-state index in [0.717, 1.165) is 31.6 Å². The molecule has 0 aromatic heterocycles. The molecule has 110 valence electrons. The molecule has 2 N–H and O–H groups in total. The van der Waals surface area contributed by atoms with E-state index in [0.29, 0.717) is 23.2 Å². The molecule has 0 spiro atoms. The van der Waals surface area contributed by atoms with E-state index in [1.54, 1.807) is 6.07 Å². The third-order valence-corrected chi connectivity index (χ3v) is 3.69. The molecule has 6 heteroatoms. The number of rotatable bonds is 4. The van der Waals surface area contributed by atoms with Crippen molar-refractivity contribution < 1.29 is 5.11 Å². The fourth-order valence-electron chi connectivity index (χ4n) is 2.47. The van der Waals surface area contributed by atoms with E-state index >= 15 is 0 Å². The first kappa shape index (κ1) is 17.1. The second-order valence-corrected chi connectivity index (χ2v) is 5.15. The van der Waals surface area contributed by atoms with Gasteiger partial charge in [-0.2, -0.15) is 5.26 Å². The number of nitrogens with one attached hydrogen (secondary N) is 1. The minimum Gasteiger partial charge on any atom is -0.395 e. The van der Waals surface area contributed by atoms with Gasteiger partial charge in [0.25, 0.3) is 0 Å². The van der Waals surface area contributed by atoms with Crippen LogP contribution in [0.1, 0.15) is 18.4 Å². The third-order valence-electron chi connectivity index (χ3n) is 3.46. The number of nitriles is 1. The fourth-order valence-corrected chi connectivity index (χ4v) is 2.64. The van der Waals surface area contributed by atoms with Crippen LogP contribution in [0.25, 0.3) is 0 Å². The largest absolute Gasteiger partial charge is 0.395 e. The summed E-state index contributed by atoms with van der Waals surface area (Å²) in [5, 5.41) is 21.9. The Labute approximate surface area is 130 Å². The summed E-state index contributed by atoms with van der Waals surface area (Å²) in [6, 6.07) is 8.13. The van der Waals surface area contributed by atoms with Gasteiger partial charge in [-0.1, -0.05) is 11.6 Å². The Morgan fingerprint density at radius 3 is 2.70 bits per heavy atom. The minimum absolute atomic E-state index is 0. The predicted octanol–water partition coefficient (Wildman–Crippen LogP) is 2.18. The molecular weight excluding hydrogens is 297 g/mol. The van der Waals surface area contributed by atoms with Crippen LogP contribution in [0.4, 0.5) is 5.69 Å². The summed E-state index contributed by atoms with van der Waals surface area (Å²) in [7, 11) is 0. The lowest BCUT2D eigenvalue weighted by atomic mass is 10.0. The molecule has 1 fully saturated rings. The van der Waals surface area contributed by atoms with Crippen LogP contribution in [0.15, 0.2) is 18.2 Å². The summed E-state index contributed by atoms with van der Waals surface area (Å²) in [5.74, 6) is 0. The minimum atomic E-state index is 0. The van der Waals surface area contributed by atoms with Gasteiger partial charge in [0.15, 0.2) is 0 Å². The van der Waals surface area contributed by atoms with Crippen molar-refractivity contribution >= 4 is 29.7 Å². The molecule has 1 heterocycles. The van der Waals surface area contributed by atoms with E-state index in [1.165, 1.54) is 0 Å². The summed E-state index contributed by atoms with van der Waals surface area (Å²) in [5.41, 5.74) is 1.60. The number of aliphatic hydroxyl groups is 1. The van der Waals surface area contributed by atoms with Crippen LogP contribution in [0.3, 0.4) is 0 Å². The lowest BCUT2D eigenvalue weighted by Gasteiger charge is -2.34. The van der Waals surface area contributed by atoms with Crippen LogP contribution in [0.2, 0.25) is 5.02 Å². The van der Waals surface area contributed by atoms with Gasteiger partial charge in [0.2, 0.25) is 0 Å². The number of hydrogen-bond acceptors (Lipinski definition) is 4. The van der Waals surface area contributed by atoms with E-state index in [-0.39, 0.29) is 19.0 Å². The van der Waals surface area contributed by atoms with Crippen LogP contribution in [-0.2, 0) is 0 Å². The topological polar surface area (TPSA) is 59.3 Å². The maximum absolute atomic E-state index is 9.17. The standard InChI is InChI=1S/C14H18ClN3O.ClH/c15-12-1-2-14(11(9-12)10-16)18-6-3-13(4-7-18)17-5-8-19;/h1-2,9,13,17,19H,3-8H2;1H. The van der Waals surface area contributed by atoms with E-state index in [4.69, 9.17) is 22.0 Å². The zero-order valence-electron chi connectivity index (χ0n) is 11.2. The van der Waals surface area contributed by atoms with Crippen molar-refractivity contribution in [2.45, 2.75) is 18.9 Å². The lowest BCUT2D eigenvalue weighted by Crippen LogP contribution is -2.43. The molecule has 1 aromatic rings. The highest BCUT2D eigenvalue weighted by atomic mass is 35.5. The van der Waals surface area contributed by atoms with Crippen LogP contribution >= 0.6 is 24.0 Å². The molecule has 0 bridgehead atoms. The number of piperidine rings is 1. The first-order chi connectivity index (χ1) is 9.24. The Kier molecular flexibility index (Phi) is 7.11. The smallest absolute Gasteiger partial charge is 0.101 e. The first-order valence-electron chi connectivity index (χ1n) is 6.53. The van der Waals surface area contributed by atoms with Gasteiger partial charge in [-0.25, -0.2) is 0 Å². The molecule has 20 heavy (non-hydrogen) atoms. The molecular formula is C14H19Cl2N3O. The third kappa shape index (κ3) is 4.26. The van der Waals surface area contributed by atoms with Crippen LogP contribution in [0, 0.1) is 11.3 Å². The van der Waals surface area contributed by atoms with E-state index in [2.05, 4.69) is 16.3 Å². The number of anilines is 1. The van der Waals surface area contributed by atoms with Gasteiger partial charge in [-0.3, -0.25) is 0 Å². The summed E-state index contributed by atoms with van der Waals surface area (Å²) in [4.78, 5) is 2.23. The van der Waals surface area contributed by atoms with Gasteiger partial charge in [0, 0.05) is 30.7 Å². The highest BCUT2D eigenvalue weighted by Gasteiger charge is 2.20. The van der Waals surface area contributed by atoms with Crippen molar-refractivity contribution in [1.82, 2.24) is 5.32 Å². The Morgan fingerprint density at radius 2 is 2.10 bits per heavy atom. The molecule has 1 aliphatic heterocycles. The quantitative estimate of drug-likeness (QED) is 0.894. The van der Waals surface area contributed by atoms with Crippen molar-refractivity contribution in [2.75, 3.05) is 31.1 Å². The monoisotopic (exact) mass is 315 g/mol. The van der Waals surface area contributed by atoms with E-state index < -0.39 is 0 Å². The number of aliphatic hydroxyl groups excluding tert-OH is 1. The van der Waals surface area contributed by atoms with Crippen molar-refractivity contribution in [3.63, 3.8) is 0 Å². The Balaban J connectivity index is 0.00000200.